The van der Waals surface area contributed by atoms with Gasteiger partial charge in [-0.3, -0.25) is 10.1 Å². The summed E-state index contributed by atoms with van der Waals surface area (Å²) in [6, 6.07) is 14.5. The standard InChI is InChI=1S/C14H9NO4S/c16-15(17)13-7-4-8-14(11-13)20(18)19-10-9-12-5-2-1-3-6-12/h1-8,11H. The van der Waals surface area contributed by atoms with Crippen LogP contribution >= 0.6 is 0 Å². The Bertz CT molecular complexity index is 704. The second-order valence-corrected chi connectivity index (χ2v) is 4.77. The van der Waals surface area contributed by atoms with E-state index in [2.05, 4.69) is 12.0 Å². The zero-order chi connectivity index (χ0) is 14.4. The second kappa shape index (κ2) is 6.50. The normalized spacial score (nSPS) is 11.0. The van der Waals surface area contributed by atoms with E-state index >= 15 is 0 Å². The predicted molar refractivity (Wildman–Crippen MR) is 73.9 cm³/mol. The highest BCUT2D eigenvalue weighted by atomic mass is 32.2. The van der Waals surface area contributed by atoms with Gasteiger partial charge in [0.15, 0.2) is 0 Å². The molecule has 1 unspecified atom stereocenters. The van der Waals surface area contributed by atoms with Crippen LogP contribution in [0.2, 0.25) is 0 Å². The van der Waals surface area contributed by atoms with E-state index in [-0.39, 0.29) is 10.6 Å². The molecule has 2 aromatic rings. The first kappa shape index (κ1) is 13.8. The molecule has 5 nitrogen and oxygen atoms in total. The fourth-order valence-electron chi connectivity index (χ4n) is 1.39. The predicted octanol–water partition coefficient (Wildman–Crippen LogP) is 2.64. The molecule has 100 valence electrons. The van der Waals surface area contributed by atoms with Crippen molar-refractivity contribution in [3.05, 3.63) is 70.3 Å². The molecule has 0 N–H and O–H groups in total. The van der Waals surface area contributed by atoms with Crippen LogP contribution in [-0.4, -0.2) is 9.13 Å². The van der Waals surface area contributed by atoms with Crippen molar-refractivity contribution in [1.82, 2.24) is 0 Å². The third-order valence-corrected chi connectivity index (χ3v) is 3.18. The van der Waals surface area contributed by atoms with Crippen molar-refractivity contribution < 1.29 is 13.3 Å². The number of hydrogen-bond acceptors (Lipinski definition) is 4. The van der Waals surface area contributed by atoms with Gasteiger partial charge in [-0.2, -0.15) is 0 Å². The molecule has 2 aromatic carbocycles. The highest BCUT2D eigenvalue weighted by Gasteiger charge is 2.10. The Balaban J connectivity index is 2.08. The molecule has 0 aliphatic rings. The van der Waals surface area contributed by atoms with Gasteiger partial charge in [-0.05, 0) is 24.1 Å². The molecule has 20 heavy (non-hydrogen) atoms. The summed E-state index contributed by atoms with van der Waals surface area (Å²) in [7, 11) is 0. The summed E-state index contributed by atoms with van der Waals surface area (Å²) in [6.07, 6.45) is 2.33. The van der Waals surface area contributed by atoms with Gasteiger partial charge in [0.1, 0.15) is 6.11 Å². The Hall–Kier alpha value is -2.65. The van der Waals surface area contributed by atoms with Gasteiger partial charge >= 0.3 is 0 Å². The van der Waals surface area contributed by atoms with Crippen molar-refractivity contribution >= 4 is 16.8 Å². The van der Waals surface area contributed by atoms with Crippen molar-refractivity contribution in [2.45, 2.75) is 4.90 Å². The molecular weight excluding hydrogens is 278 g/mol. The summed E-state index contributed by atoms with van der Waals surface area (Å²) in [5.41, 5.74) is 0.582. The first-order chi connectivity index (χ1) is 9.66. The van der Waals surface area contributed by atoms with Crippen LogP contribution in [0.4, 0.5) is 5.69 Å². The van der Waals surface area contributed by atoms with Crippen molar-refractivity contribution in [2.75, 3.05) is 0 Å². The third kappa shape index (κ3) is 3.67. The van der Waals surface area contributed by atoms with Crippen LogP contribution in [0.1, 0.15) is 5.56 Å². The van der Waals surface area contributed by atoms with Gasteiger partial charge in [0.2, 0.25) is 11.1 Å². The van der Waals surface area contributed by atoms with Crippen LogP contribution in [0.15, 0.2) is 59.5 Å². The van der Waals surface area contributed by atoms with E-state index in [9.17, 15) is 14.3 Å². The second-order valence-electron chi connectivity index (χ2n) is 3.67. The summed E-state index contributed by atoms with van der Waals surface area (Å²) in [4.78, 5) is 10.2. The molecule has 1 atom stereocenters. The summed E-state index contributed by atoms with van der Waals surface area (Å²) in [6.45, 7) is 0. The van der Waals surface area contributed by atoms with E-state index in [4.69, 9.17) is 4.18 Å². The number of benzene rings is 2. The Morgan fingerprint density at radius 3 is 2.55 bits per heavy atom. The molecule has 0 radical (unpaired) electrons. The Kier molecular flexibility index (Phi) is 4.47. The molecule has 0 spiro atoms. The maximum atomic E-state index is 11.8. The molecule has 6 heteroatoms. The Morgan fingerprint density at radius 1 is 1.10 bits per heavy atom. The average Bonchev–Trinajstić information content (AvgIpc) is 2.48. The average molecular weight is 287 g/mol. The van der Waals surface area contributed by atoms with Gasteiger partial charge < -0.3 is 4.18 Å². The van der Waals surface area contributed by atoms with Gasteiger partial charge in [0.25, 0.3) is 5.69 Å². The van der Waals surface area contributed by atoms with Gasteiger partial charge in [-0.1, -0.05) is 24.3 Å². The maximum absolute atomic E-state index is 11.8. The minimum absolute atomic E-state index is 0.143. The lowest BCUT2D eigenvalue weighted by Crippen LogP contribution is -1.95. The first-order valence-corrected chi connectivity index (χ1v) is 6.64. The van der Waals surface area contributed by atoms with Crippen molar-refractivity contribution in [2.24, 2.45) is 0 Å². The summed E-state index contributed by atoms with van der Waals surface area (Å²) in [5, 5.41) is 10.6. The molecule has 0 saturated carbocycles. The maximum Gasteiger partial charge on any atom is 0.270 e. The minimum Gasteiger partial charge on any atom is -0.342 e. The zero-order valence-electron chi connectivity index (χ0n) is 10.2. The van der Waals surface area contributed by atoms with Crippen LogP contribution in [0, 0.1) is 22.1 Å². The molecule has 0 aliphatic carbocycles. The van der Waals surface area contributed by atoms with E-state index < -0.39 is 16.0 Å². The van der Waals surface area contributed by atoms with Crippen LogP contribution < -0.4 is 0 Å². The number of nitro benzene ring substituents is 1. The highest BCUT2D eigenvalue weighted by Crippen LogP contribution is 2.16. The molecule has 2 rings (SSSR count). The minimum atomic E-state index is -1.86. The number of hydrogen-bond donors (Lipinski definition) is 0. The summed E-state index contributed by atoms with van der Waals surface area (Å²) in [5.74, 6) is 2.68. The van der Waals surface area contributed by atoms with Gasteiger partial charge in [0.05, 0.1) is 9.82 Å². The number of nitro groups is 1. The van der Waals surface area contributed by atoms with E-state index in [0.29, 0.717) is 0 Å². The van der Waals surface area contributed by atoms with Crippen molar-refractivity contribution in [1.29, 1.82) is 0 Å². The highest BCUT2D eigenvalue weighted by molar-refractivity contribution is 7.80. The largest absolute Gasteiger partial charge is 0.342 e. The topological polar surface area (TPSA) is 69.4 Å². The molecule has 0 aliphatic heterocycles. The molecule has 0 amide bonds. The third-order valence-electron chi connectivity index (χ3n) is 2.31. The van der Waals surface area contributed by atoms with E-state index in [0.717, 1.165) is 5.56 Å². The fourth-order valence-corrected chi connectivity index (χ4v) is 2.01. The van der Waals surface area contributed by atoms with Crippen LogP contribution in [0.5, 0.6) is 0 Å². The lowest BCUT2D eigenvalue weighted by atomic mass is 10.2. The summed E-state index contributed by atoms with van der Waals surface area (Å²) < 4.78 is 16.6. The van der Waals surface area contributed by atoms with Crippen LogP contribution in [0.3, 0.4) is 0 Å². The molecule has 0 fully saturated rings. The molecule has 0 bridgehead atoms. The van der Waals surface area contributed by atoms with Crippen molar-refractivity contribution in [3.63, 3.8) is 0 Å². The first-order valence-electron chi connectivity index (χ1n) is 5.56. The van der Waals surface area contributed by atoms with Crippen LogP contribution in [0.25, 0.3) is 0 Å². The SMILES string of the molecule is O=[N+]([O-])c1cccc(S(=O)OC#Cc2ccccc2)c1. The van der Waals surface area contributed by atoms with E-state index in [1.807, 2.05) is 18.2 Å². The van der Waals surface area contributed by atoms with E-state index in [1.54, 1.807) is 12.1 Å². The van der Waals surface area contributed by atoms with Crippen molar-refractivity contribution in [3.8, 4) is 12.0 Å². The monoisotopic (exact) mass is 287 g/mol. The molecule has 0 aromatic heterocycles. The quantitative estimate of drug-likeness (QED) is 0.494. The smallest absolute Gasteiger partial charge is 0.270 e. The molecule has 0 heterocycles. The molecule has 0 saturated heterocycles. The lowest BCUT2D eigenvalue weighted by molar-refractivity contribution is -0.385. The van der Waals surface area contributed by atoms with Gasteiger partial charge in [-0.25, -0.2) is 4.21 Å². The Morgan fingerprint density at radius 2 is 1.85 bits per heavy atom. The summed E-state index contributed by atoms with van der Waals surface area (Å²) >= 11 is -1.86. The number of non-ortho nitro benzene ring substituents is 1. The van der Waals surface area contributed by atoms with E-state index in [1.165, 1.54) is 24.3 Å². The Labute approximate surface area is 118 Å². The number of rotatable bonds is 3. The molecular formula is C14H9NO4S. The van der Waals surface area contributed by atoms with Crippen LogP contribution in [-0.2, 0) is 15.3 Å². The fraction of sp³-hybridized carbons (Fsp3) is 0. The zero-order valence-corrected chi connectivity index (χ0v) is 11.0. The lowest BCUT2D eigenvalue weighted by Gasteiger charge is -1.97. The van der Waals surface area contributed by atoms with Gasteiger partial charge in [0, 0.05) is 17.7 Å². The number of nitrogens with zero attached hydrogens (tertiary/aromatic N) is 1. The van der Waals surface area contributed by atoms with Gasteiger partial charge in [-0.15, -0.1) is 0 Å².